The van der Waals surface area contributed by atoms with Gasteiger partial charge in [0.25, 0.3) is 0 Å². The zero-order chi connectivity index (χ0) is 6.28. The van der Waals surface area contributed by atoms with Gasteiger partial charge in [-0.1, -0.05) is 0 Å². The van der Waals surface area contributed by atoms with E-state index in [2.05, 4.69) is 5.32 Å². The summed E-state index contributed by atoms with van der Waals surface area (Å²) in [5.74, 6) is 0. The lowest BCUT2D eigenvalue weighted by Gasteiger charge is -1.82. The van der Waals surface area contributed by atoms with Crippen molar-refractivity contribution in [2.45, 2.75) is 0 Å². The maximum absolute atomic E-state index is 5.18. The lowest BCUT2D eigenvalue weighted by molar-refractivity contribution is 1.02. The lowest BCUT2D eigenvalue weighted by atomic mass is 11.3. The fourth-order valence-electron chi connectivity index (χ4n) is 0. The summed E-state index contributed by atoms with van der Waals surface area (Å²) < 4.78 is 0. The Bertz CT molecular complexity index is 20.9. The van der Waals surface area contributed by atoms with Crippen LogP contribution in [0.5, 0.6) is 0 Å². The van der Waals surface area contributed by atoms with Crippen LogP contribution in [-0.2, 0) is 0 Å². The quantitative estimate of drug-likeness (QED) is 0.457. The van der Waals surface area contributed by atoms with Crippen LogP contribution in [0, 0.1) is 0 Å². The Balaban J connectivity index is 0. The van der Waals surface area contributed by atoms with Crippen LogP contribution in [0.2, 0.25) is 0 Å². The minimum atomic E-state index is -0.120. The minimum Gasteiger partial charge on any atom is -0.323 e. The van der Waals surface area contributed by atoms with Gasteiger partial charge in [0.15, 0.2) is 0 Å². The standard InChI is InChI=1S/C2H8NP.C2H7N/c1-4(2)3;1-3-2/h3H2,1-2H3;3H,1-2H3. The van der Waals surface area contributed by atoms with Crippen molar-refractivity contribution in [3.8, 4) is 0 Å². The van der Waals surface area contributed by atoms with Gasteiger partial charge < -0.3 is 10.8 Å². The van der Waals surface area contributed by atoms with Gasteiger partial charge in [-0.25, -0.2) is 0 Å². The predicted molar refractivity (Wildman–Crippen MR) is 37.9 cm³/mol. The molecule has 2 nitrogen and oxygen atoms in total. The van der Waals surface area contributed by atoms with Crippen LogP contribution in [0.15, 0.2) is 0 Å². The van der Waals surface area contributed by atoms with Gasteiger partial charge in [-0.15, -0.1) is 0 Å². The van der Waals surface area contributed by atoms with E-state index in [1.54, 1.807) is 0 Å². The molecular formula is C4H15N2P. The predicted octanol–water partition coefficient (Wildman–Crippen LogP) is 0.437. The number of hydrogen-bond donors (Lipinski definition) is 2. The van der Waals surface area contributed by atoms with E-state index in [0.29, 0.717) is 0 Å². The van der Waals surface area contributed by atoms with Crippen molar-refractivity contribution in [3.05, 3.63) is 0 Å². The Morgan fingerprint density at radius 2 is 1.29 bits per heavy atom. The first-order chi connectivity index (χ1) is 3.15. The third-order valence-corrected chi connectivity index (χ3v) is 0. The van der Waals surface area contributed by atoms with Crippen molar-refractivity contribution >= 4 is 8.07 Å². The summed E-state index contributed by atoms with van der Waals surface area (Å²) in [5.41, 5.74) is 5.18. The summed E-state index contributed by atoms with van der Waals surface area (Å²) >= 11 is 0. The van der Waals surface area contributed by atoms with E-state index >= 15 is 0 Å². The van der Waals surface area contributed by atoms with Crippen molar-refractivity contribution < 1.29 is 0 Å². The Labute approximate surface area is 47.3 Å². The minimum absolute atomic E-state index is 0.120. The first-order valence-electron chi connectivity index (χ1n) is 2.15. The molecule has 0 saturated carbocycles. The Hall–Kier alpha value is 0.350. The smallest absolute Gasteiger partial charge is 0.0167 e. The molecule has 0 radical (unpaired) electrons. The number of nitrogens with one attached hydrogen (secondary N) is 1. The molecule has 0 spiro atoms. The molecule has 0 aromatic carbocycles. The molecule has 3 heteroatoms. The van der Waals surface area contributed by atoms with Gasteiger partial charge in [0.2, 0.25) is 0 Å². The SMILES string of the molecule is CNC.CP(C)N. The second kappa shape index (κ2) is 9.61. The van der Waals surface area contributed by atoms with Crippen LogP contribution in [0.4, 0.5) is 0 Å². The van der Waals surface area contributed by atoms with Crippen LogP contribution >= 0.6 is 8.07 Å². The second-order valence-electron chi connectivity index (χ2n) is 1.46. The van der Waals surface area contributed by atoms with Gasteiger partial charge in [-0.05, 0) is 35.5 Å². The molecule has 0 amide bonds. The molecule has 0 aliphatic rings. The first-order valence-corrected chi connectivity index (χ1v) is 4.46. The van der Waals surface area contributed by atoms with Crippen molar-refractivity contribution in [2.24, 2.45) is 5.50 Å². The van der Waals surface area contributed by atoms with Gasteiger partial charge in [0, 0.05) is 0 Å². The van der Waals surface area contributed by atoms with E-state index in [1.165, 1.54) is 0 Å². The van der Waals surface area contributed by atoms with Crippen LogP contribution < -0.4 is 10.8 Å². The van der Waals surface area contributed by atoms with E-state index in [1.807, 2.05) is 27.4 Å². The highest BCUT2D eigenvalue weighted by molar-refractivity contribution is 7.53. The zero-order valence-corrected chi connectivity index (χ0v) is 6.42. The van der Waals surface area contributed by atoms with Crippen molar-refractivity contribution in [1.82, 2.24) is 5.32 Å². The molecule has 0 atom stereocenters. The molecule has 3 N–H and O–H groups in total. The summed E-state index contributed by atoms with van der Waals surface area (Å²) in [6.07, 6.45) is 0. The summed E-state index contributed by atoms with van der Waals surface area (Å²) in [6, 6.07) is 0. The van der Waals surface area contributed by atoms with Gasteiger partial charge in [-0.2, -0.15) is 0 Å². The largest absolute Gasteiger partial charge is 0.323 e. The van der Waals surface area contributed by atoms with Crippen LogP contribution in [0.1, 0.15) is 0 Å². The molecule has 0 rings (SSSR count). The first kappa shape index (κ1) is 10.4. The van der Waals surface area contributed by atoms with Crippen molar-refractivity contribution in [2.75, 3.05) is 27.4 Å². The molecular weight excluding hydrogens is 107 g/mol. The van der Waals surface area contributed by atoms with Crippen LogP contribution in [0.25, 0.3) is 0 Å². The molecule has 0 aromatic heterocycles. The number of nitrogens with two attached hydrogens (primary N) is 1. The molecule has 46 valence electrons. The Kier molecular flexibility index (Phi) is 14.2. The van der Waals surface area contributed by atoms with E-state index < -0.39 is 0 Å². The highest BCUT2D eigenvalue weighted by atomic mass is 31.1. The molecule has 0 aliphatic carbocycles. The van der Waals surface area contributed by atoms with Crippen LogP contribution in [-0.4, -0.2) is 27.4 Å². The summed E-state index contributed by atoms with van der Waals surface area (Å²) in [5, 5.41) is 2.75. The van der Waals surface area contributed by atoms with Crippen molar-refractivity contribution in [1.29, 1.82) is 0 Å². The Morgan fingerprint density at radius 1 is 1.29 bits per heavy atom. The van der Waals surface area contributed by atoms with Crippen molar-refractivity contribution in [3.63, 3.8) is 0 Å². The second-order valence-corrected chi connectivity index (χ2v) is 3.39. The summed E-state index contributed by atoms with van der Waals surface area (Å²) in [6.45, 7) is 4.02. The van der Waals surface area contributed by atoms with E-state index in [-0.39, 0.29) is 8.07 Å². The van der Waals surface area contributed by atoms with E-state index in [0.717, 1.165) is 0 Å². The fourth-order valence-corrected chi connectivity index (χ4v) is 0. The molecule has 0 unspecified atom stereocenters. The van der Waals surface area contributed by atoms with Gasteiger partial charge >= 0.3 is 0 Å². The van der Waals surface area contributed by atoms with Gasteiger partial charge in [-0.3, -0.25) is 0 Å². The summed E-state index contributed by atoms with van der Waals surface area (Å²) in [7, 11) is 3.63. The zero-order valence-electron chi connectivity index (χ0n) is 5.52. The average Bonchev–Trinajstić information content (AvgIpc) is 1.33. The maximum Gasteiger partial charge on any atom is -0.0167 e. The van der Waals surface area contributed by atoms with E-state index in [9.17, 15) is 0 Å². The average molecular weight is 122 g/mol. The van der Waals surface area contributed by atoms with Crippen LogP contribution in [0.3, 0.4) is 0 Å². The third kappa shape index (κ3) is 981. The molecule has 0 saturated heterocycles. The monoisotopic (exact) mass is 122 g/mol. The Morgan fingerprint density at radius 3 is 1.29 bits per heavy atom. The maximum atomic E-state index is 5.18. The molecule has 0 heterocycles. The summed E-state index contributed by atoms with van der Waals surface area (Å²) in [4.78, 5) is 0. The normalized spacial score (nSPS) is 7.71. The van der Waals surface area contributed by atoms with Gasteiger partial charge in [0.1, 0.15) is 0 Å². The topological polar surface area (TPSA) is 38.0 Å². The molecule has 7 heavy (non-hydrogen) atoms. The highest BCUT2D eigenvalue weighted by Gasteiger charge is 1.65. The number of rotatable bonds is 0. The molecule has 0 aromatic rings. The molecule has 0 fully saturated rings. The van der Waals surface area contributed by atoms with Gasteiger partial charge in [0.05, 0.1) is 0 Å². The molecule has 0 aliphatic heterocycles. The molecule has 0 bridgehead atoms. The lowest BCUT2D eigenvalue weighted by Crippen LogP contribution is -1.89. The highest BCUT2D eigenvalue weighted by Crippen LogP contribution is 2.07. The third-order valence-electron chi connectivity index (χ3n) is 0. The van der Waals surface area contributed by atoms with E-state index in [4.69, 9.17) is 5.50 Å². The number of hydrogen-bond acceptors (Lipinski definition) is 2. The fraction of sp³-hybridized carbons (Fsp3) is 1.00.